The van der Waals surface area contributed by atoms with Gasteiger partial charge < -0.3 is 5.11 Å². The van der Waals surface area contributed by atoms with Crippen molar-refractivity contribution in [2.24, 2.45) is 11.3 Å². The van der Waals surface area contributed by atoms with E-state index in [9.17, 15) is 9.90 Å². The molecule has 0 aromatic heterocycles. The van der Waals surface area contributed by atoms with E-state index in [1.54, 1.807) is 0 Å². The summed E-state index contributed by atoms with van der Waals surface area (Å²) in [5.41, 5.74) is 1.52. The molecule has 0 heterocycles. The van der Waals surface area contributed by atoms with Gasteiger partial charge in [0.1, 0.15) is 0 Å². The van der Waals surface area contributed by atoms with Crippen LogP contribution in [0, 0.1) is 11.3 Å². The number of hydrogen-bond acceptors (Lipinski definition) is 1. The molecular formula is C16H20O2. The van der Waals surface area contributed by atoms with Crippen molar-refractivity contribution in [3.8, 4) is 0 Å². The van der Waals surface area contributed by atoms with Gasteiger partial charge in [-0.3, -0.25) is 4.79 Å². The molecule has 0 radical (unpaired) electrons. The SMILES string of the molecule is CC[C@H](C)[C@@H]1c2ccccc2C=C[C@@]1(C)C(=O)O. The molecule has 0 aliphatic heterocycles. The average Bonchev–Trinajstić information content (AvgIpc) is 2.37. The highest BCUT2D eigenvalue weighted by atomic mass is 16.4. The van der Waals surface area contributed by atoms with Crippen molar-refractivity contribution in [2.75, 3.05) is 0 Å². The minimum atomic E-state index is -0.802. The Labute approximate surface area is 108 Å². The van der Waals surface area contributed by atoms with Crippen LogP contribution >= 0.6 is 0 Å². The molecule has 0 unspecified atom stereocenters. The van der Waals surface area contributed by atoms with Crippen LogP contribution in [0.5, 0.6) is 0 Å². The predicted molar refractivity (Wildman–Crippen MR) is 73.4 cm³/mol. The van der Waals surface area contributed by atoms with Crippen molar-refractivity contribution in [3.05, 3.63) is 41.5 Å². The van der Waals surface area contributed by atoms with E-state index < -0.39 is 11.4 Å². The van der Waals surface area contributed by atoms with E-state index in [1.807, 2.05) is 31.2 Å². The van der Waals surface area contributed by atoms with Gasteiger partial charge in [0, 0.05) is 5.92 Å². The molecule has 18 heavy (non-hydrogen) atoms. The second kappa shape index (κ2) is 4.60. The molecule has 2 nitrogen and oxygen atoms in total. The molecule has 0 saturated heterocycles. The number of aliphatic carboxylic acids is 1. The lowest BCUT2D eigenvalue weighted by Crippen LogP contribution is -2.37. The first kappa shape index (κ1) is 12.9. The second-order valence-corrected chi connectivity index (χ2v) is 5.41. The third-order valence-corrected chi connectivity index (χ3v) is 4.26. The molecule has 0 saturated carbocycles. The van der Waals surface area contributed by atoms with Crippen LogP contribution in [0.1, 0.15) is 44.2 Å². The zero-order valence-electron chi connectivity index (χ0n) is 11.2. The highest BCUT2D eigenvalue weighted by molar-refractivity contribution is 5.82. The van der Waals surface area contributed by atoms with Crippen molar-refractivity contribution in [1.82, 2.24) is 0 Å². The Morgan fingerprint density at radius 2 is 2.11 bits per heavy atom. The highest BCUT2D eigenvalue weighted by Gasteiger charge is 2.44. The molecule has 0 bridgehead atoms. The number of fused-ring (bicyclic) bond motifs is 1. The fourth-order valence-corrected chi connectivity index (χ4v) is 2.97. The van der Waals surface area contributed by atoms with Crippen LogP contribution in [-0.4, -0.2) is 11.1 Å². The van der Waals surface area contributed by atoms with Crippen molar-refractivity contribution in [3.63, 3.8) is 0 Å². The molecule has 0 spiro atoms. The summed E-state index contributed by atoms with van der Waals surface area (Å²) in [4.78, 5) is 11.7. The number of hydrogen-bond donors (Lipinski definition) is 1. The van der Waals surface area contributed by atoms with Crippen molar-refractivity contribution in [1.29, 1.82) is 0 Å². The Hall–Kier alpha value is -1.57. The molecule has 3 atom stereocenters. The van der Waals surface area contributed by atoms with Crippen LogP contribution in [0.4, 0.5) is 0 Å². The van der Waals surface area contributed by atoms with Gasteiger partial charge in [0.2, 0.25) is 0 Å². The third-order valence-electron chi connectivity index (χ3n) is 4.26. The van der Waals surface area contributed by atoms with Gasteiger partial charge in [-0.2, -0.15) is 0 Å². The summed E-state index contributed by atoms with van der Waals surface area (Å²) < 4.78 is 0. The van der Waals surface area contributed by atoms with Gasteiger partial charge in [-0.05, 0) is 24.0 Å². The van der Waals surface area contributed by atoms with Crippen LogP contribution in [0.15, 0.2) is 30.3 Å². The normalized spacial score (nSPS) is 27.6. The molecule has 0 fully saturated rings. The van der Waals surface area contributed by atoms with Crippen molar-refractivity contribution >= 4 is 12.0 Å². The molecule has 1 N–H and O–H groups in total. The fourth-order valence-electron chi connectivity index (χ4n) is 2.97. The molecule has 1 aliphatic carbocycles. The maximum absolute atomic E-state index is 11.7. The van der Waals surface area contributed by atoms with Crippen molar-refractivity contribution in [2.45, 2.75) is 33.1 Å². The Morgan fingerprint density at radius 1 is 1.44 bits per heavy atom. The van der Waals surface area contributed by atoms with Crippen LogP contribution in [-0.2, 0) is 4.79 Å². The summed E-state index contributed by atoms with van der Waals surface area (Å²) in [6.45, 7) is 6.09. The topological polar surface area (TPSA) is 37.3 Å². The van der Waals surface area contributed by atoms with Gasteiger partial charge in [-0.15, -0.1) is 0 Å². The monoisotopic (exact) mass is 244 g/mol. The lowest BCUT2D eigenvalue weighted by atomic mass is 9.63. The lowest BCUT2D eigenvalue weighted by molar-refractivity contribution is -0.147. The standard InChI is InChI=1S/C16H20O2/c1-4-11(2)14-13-8-6-5-7-12(13)9-10-16(14,3)15(17)18/h5-11,14H,4H2,1-3H3,(H,17,18)/t11-,14+,16+/m0/s1. The molecule has 96 valence electrons. The summed E-state index contributed by atoms with van der Waals surface area (Å²) in [7, 11) is 0. The maximum Gasteiger partial charge on any atom is 0.313 e. The van der Waals surface area contributed by atoms with E-state index in [4.69, 9.17) is 0 Å². The van der Waals surface area contributed by atoms with E-state index >= 15 is 0 Å². The summed E-state index contributed by atoms with van der Waals surface area (Å²) >= 11 is 0. The Balaban J connectivity index is 2.59. The number of carbonyl (C=O) groups is 1. The Bertz CT molecular complexity index is 490. The van der Waals surface area contributed by atoms with E-state index in [2.05, 4.69) is 26.0 Å². The summed E-state index contributed by atoms with van der Waals surface area (Å²) in [5.74, 6) is -0.350. The van der Waals surface area contributed by atoms with Gasteiger partial charge >= 0.3 is 5.97 Å². The molecule has 2 rings (SSSR count). The number of carboxylic acids is 1. The van der Waals surface area contributed by atoms with E-state index in [0.717, 1.165) is 12.0 Å². The lowest BCUT2D eigenvalue weighted by Gasteiger charge is -2.39. The minimum Gasteiger partial charge on any atom is -0.481 e. The summed E-state index contributed by atoms with van der Waals surface area (Å²) in [5, 5.41) is 9.59. The smallest absolute Gasteiger partial charge is 0.313 e. The Morgan fingerprint density at radius 3 is 2.72 bits per heavy atom. The van der Waals surface area contributed by atoms with Gasteiger partial charge in [-0.1, -0.05) is 56.7 Å². The Kier molecular flexibility index (Phi) is 3.29. The molecule has 1 aromatic rings. The summed E-state index contributed by atoms with van der Waals surface area (Å²) in [6.07, 6.45) is 4.78. The highest BCUT2D eigenvalue weighted by Crippen LogP contribution is 2.48. The van der Waals surface area contributed by atoms with Gasteiger partial charge in [0.25, 0.3) is 0 Å². The van der Waals surface area contributed by atoms with Gasteiger partial charge in [0.05, 0.1) is 5.41 Å². The first-order valence-corrected chi connectivity index (χ1v) is 6.52. The van der Waals surface area contributed by atoms with Gasteiger partial charge in [0.15, 0.2) is 0 Å². The van der Waals surface area contributed by atoms with Crippen LogP contribution in [0.2, 0.25) is 0 Å². The average molecular weight is 244 g/mol. The molecule has 2 heteroatoms. The van der Waals surface area contributed by atoms with Crippen LogP contribution < -0.4 is 0 Å². The molecule has 1 aliphatic rings. The quantitative estimate of drug-likeness (QED) is 0.874. The van der Waals surface area contributed by atoms with Gasteiger partial charge in [-0.25, -0.2) is 0 Å². The van der Waals surface area contributed by atoms with Crippen LogP contribution in [0.25, 0.3) is 6.08 Å². The van der Waals surface area contributed by atoms with Crippen molar-refractivity contribution < 1.29 is 9.90 Å². The second-order valence-electron chi connectivity index (χ2n) is 5.41. The zero-order valence-corrected chi connectivity index (χ0v) is 11.2. The van der Waals surface area contributed by atoms with E-state index in [1.165, 1.54) is 5.56 Å². The largest absolute Gasteiger partial charge is 0.481 e. The van der Waals surface area contributed by atoms with Crippen LogP contribution in [0.3, 0.4) is 0 Å². The number of rotatable bonds is 3. The molecule has 1 aromatic carbocycles. The minimum absolute atomic E-state index is 0.0428. The maximum atomic E-state index is 11.7. The zero-order chi connectivity index (χ0) is 13.3. The molecular weight excluding hydrogens is 224 g/mol. The molecule has 0 amide bonds. The summed E-state index contributed by atoms with van der Waals surface area (Å²) in [6, 6.07) is 8.12. The number of carboxylic acid groups (broad SMARTS) is 1. The fraction of sp³-hybridized carbons (Fsp3) is 0.438. The third kappa shape index (κ3) is 1.86. The first-order valence-electron chi connectivity index (χ1n) is 6.52. The number of benzene rings is 1. The predicted octanol–water partition coefficient (Wildman–Crippen LogP) is 3.93. The van der Waals surface area contributed by atoms with E-state index in [0.29, 0.717) is 5.92 Å². The first-order chi connectivity index (χ1) is 8.50. The van der Waals surface area contributed by atoms with E-state index in [-0.39, 0.29) is 5.92 Å².